The lowest BCUT2D eigenvalue weighted by Gasteiger charge is -2.22. The van der Waals surface area contributed by atoms with E-state index in [2.05, 4.69) is 24.0 Å². The monoisotopic (exact) mass is 390 g/mol. The maximum Gasteiger partial charge on any atom is 0.175 e. The van der Waals surface area contributed by atoms with Crippen LogP contribution in [-0.4, -0.2) is 41.4 Å². The van der Waals surface area contributed by atoms with E-state index in [1.165, 1.54) is 11.8 Å². The largest absolute Gasteiger partial charge is 0.294 e. The lowest BCUT2D eigenvalue weighted by molar-refractivity contribution is 0.250. The molecule has 0 radical (unpaired) electrons. The van der Waals surface area contributed by atoms with Gasteiger partial charge in [0.2, 0.25) is 0 Å². The second-order valence-corrected chi connectivity index (χ2v) is 9.35. The summed E-state index contributed by atoms with van der Waals surface area (Å²) in [5, 5.41) is 7.17. The van der Waals surface area contributed by atoms with Crippen LogP contribution in [0.4, 0.5) is 0 Å². The lowest BCUT2D eigenvalue weighted by atomic mass is 10.1. The first-order valence-corrected chi connectivity index (χ1v) is 10.9. The zero-order chi connectivity index (χ0) is 18.9. The van der Waals surface area contributed by atoms with Gasteiger partial charge in [-0.3, -0.25) is 9.58 Å². The molecule has 0 aliphatic rings. The fourth-order valence-electron chi connectivity index (χ4n) is 2.66. The minimum atomic E-state index is -3.18. The first-order valence-electron chi connectivity index (χ1n) is 8.17. The van der Waals surface area contributed by atoms with Crippen LogP contribution in [0.2, 0.25) is 0 Å². The van der Waals surface area contributed by atoms with E-state index in [0.717, 1.165) is 22.8 Å². The van der Waals surface area contributed by atoms with Gasteiger partial charge in [0.1, 0.15) is 5.01 Å². The second kappa shape index (κ2) is 7.30. The average Bonchev–Trinajstić information content (AvgIpc) is 3.22. The van der Waals surface area contributed by atoms with E-state index in [1.807, 2.05) is 24.8 Å². The van der Waals surface area contributed by atoms with Crippen LogP contribution < -0.4 is 0 Å². The molecule has 0 bridgehead atoms. The van der Waals surface area contributed by atoms with Gasteiger partial charge in [0.05, 0.1) is 16.8 Å². The molecule has 138 valence electrons. The molecular weight excluding hydrogens is 368 g/mol. The van der Waals surface area contributed by atoms with Crippen LogP contribution in [-0.2, 0) is 23.4 Å². The summed E-state index contributed by atoms with van der Waals surface area (Å²) >= 11 is 1.57. The molecule has 0 N–H and O–H groups in total. The zero-order valence-electron chi connectivity index (χ0n) is 15.2. The van der Waals surface area contributed by atoms with Crippen molar-refractivity contribution in [1.29, 1.82) is 0 Å². The molecule has 0 amide bonds. The van der Waals surface area contributed by atoms with Crippen LogP contribution in [0.25, 0.3) is 10.6 Å². The summed E-state index contributed by atoms with van der Waals surface area (Å²) in [6, 6.07) is 7.11. The SMILES string of the molecule is CC(c1cnn(C)c1)N(C)Cc1csc(-c2ccc(S(C)(=O)=O)cc2)n1. The standard InChI is InChI=1S/C18H22N4O2S2/c1-13(15-9-19-22(3)10-15)21(2)11-16-12-25-18(20-16)14-5-7-17(8-6-14)26(4,23)24/h5-10,12-13H,11H2,1-4H3. The van der Waals surface area contributed by atoms with E-state index >= 15 is 0 Å². The van der Waals surface area contributed by atoms with Crippen molar-refractivity contribution in [3.63, 3.8) is 0 Å². The first-order chi connectivity index (χ1) is 12.2. The molecular formula is C18H22N4O2S2. The summed E-state index contributed by atoms with van der Waals surface area (Å²) < 4.78 is 24.9. The Morgan fingerprint density at radius 2 is 1.96 bits per heavy atom. The van der Waals surface area contributed by atoms with Crippen molar-refractivity contribution < 1.29 is 8.42 Å². The summed E-state index contributed by atoms with van der Waals surface area (Å²) in [4.78, 5) is 7.25. The molecule has 2 heterocycles. The highest BCUT2D eigenvalue weighted by atomic mass is 32.2. The first kappa shape index (κ1) is 18.8. The average molecular weight is 391 g/mol. The number of aromatic nitrogens is 3. The number of hydrogen-bond acceptors (Lipinski definition) is 6. The van der Waals surface area contributed by atoms with Gasteiger partial charge >= 0.3 is 0 Å². The zero-order valence-corrected chi connectivity index (χ0v) is 16.9. The van der Waals surface area contributed by atoms with E-state index in [-0.39, 0.29) is 6.04 Å². The number of rotatable bonds is 6. The Hall–Kier alpha value is -2.03. The number of thiazole rings is 1. The van der Waals surface area contributed by atoms with E-state index in [9.17, 15) is 8.42 Å². The van der Waals surface area contributed by atoms with Gasteiger partial charge in [-0.05, 0) is 26.1 Å². The van der Waals surface area contributed by atoms with Gasteiger partial charge < -0.3 is 0 Å². The maximum atomic E-state index is 11.6. The van der Waals surface area contributed by atoms with Crippen molar-refractivity contribution in [1.82, 2.24) is 19.7 Å². The molecule has 0 saturated heterocycles. The van der Waals surface area contributed by atoms with Gasteiger partial charge in [0, 0.05) is 48.6 Å². The Morgan fingerprint density at radius 3 is 2.54 bits per heavy atom. The molecule has 6 nitrogen and oxygen atoms in total. The van der Waals surface area contributed by atoms with Crippen molar-refractivity contribution in [2.75, 3.05) is 13.3 Å². The Bertz CT molecular complexity index is 990. The summed E-state index contributed by atoms with van der Waals surface area (Å²) in [7, 11) is 0.805. The number of nitrogens with zero attached hydrogens (tertiary/aromatic N) is 4. The summed E-state index contributed by atoms with van der Waals surface area (Å²) in [5.74, 6) is 0. The molecule has 0 aliphatic heterocycles. The normalized spacial score (nSPS) is 13.3. The summed E-state index contributed by atoms with van der Waals surface area (Å²) in [5.41, 5.74) is 3.09. The van der Waals surface area contributed by atoms with Crippen molar-refractivity contribution in [3.05, 3.63) is 53.3 Å². The number of sulfone groups is 1. The Labute approximate surface area is 158 Å². The van der Waals surface area contributed by atoms with Crippen LogP contribution in [0.15, 0.2) is 46.9 Å². The van der Waals surface area contributed by atoms with Gasteiger partial charge in [-0.1, -0.05) is 12.1 Å². The van der Waals surface area contributed by atoms with E-state index in [1.54, 1.807) is 40.3 Å². The van der Waals surface area contributed by atoms with Crippen LogP contribution in [0, 0.1) is 0 Å². The molecule has 0 aliphatic carbocycles. The lowest BCUT2D eigenvalue weighted by Crippen LogP contribution is -2.21. The quantitative estimate of drug-likeness (QED) is 0.647. The molecule has 3 aromatic rings. The van der Waals surface area contributed by atoms with Crippen LogP contribution in [0.1, 0.15) is 24.2 Å². The highest BCUT2D eigenvalue weighted by Gasteiger charge is 2.15. The Morgan fingerprint density at radius 1 is 1.27 bits per heavy atom. The predicted octanol–water partition coefficient (Wildman–Crippen LogP) is 3.14. The van der Waals surface area contributed by atoms with Crippen molar-refractivity contribution in [2.24, 2.45) is 7.05 Å². The highest BCUT2D eigenvalue weighted by molar-refractivity contribution is 7.90. The fourth-order valence-corrected chi connectivity index (χ4v) is 4.11. The van der Waals surface area contributed by atoms with Crippen LogP contribution in [0.3, 0.4) is 0 Å². The van der Waals surface area contributed by atoms with Gasteiger partial charge in [0.15, 0.2) is 9.84 Å². The number of benzene rings is 1. The molecule has 26 heavy (non-hydrogen) atoms. The molecule has 3 rings (SSSR count). The van der Waals surface area contributed by atoms with Crippen molar-refractivity contribution >= 4 is 21.2 Å². The maximum absolute atomic E-state index is 11.6. The van der Waals surface area contributed by atoms with Crippen LogP contribution in [0.5, 0.6) is 0 Å². The van der Waals surface area contributed by atoms with Gasteiger partial charge in [-0.15, -0.1) is 11.3 Å². The third-order valence-corrected chi connectivity index (χ3v) is 6.43. The Balaban J connectivity index is 1.71. The fraction of sp³-hybridized carbons (Fsp3) is 0.333. The number of aryl methyl sites for hydroxylation is 1. The molecule has 1 unspecified atom stereocenters. The minimum Gasteiger partial charge on any atom is -0.294 e. The molecule has 1 aromatic carbocycles. The minimum absolute atomic E-state index is 0.239. The second-order valence-electron chi connectivity index (χ2n) is 6.48. The topological polar surface area (TPSA) is 68.1 Å². The van der Waals surface area contributed by atoms with Crippen molar-refractivity contribution in [2.45, 2.75) is 24.4 Å². The summed E-state index contributed by atoms with van der Waals surface area (Å²) in [6.45, 7) is 2.88. The molecule has 0 fully saturated rings. The van der Waals surface area contributed by atoms with Gasteiger partial charge in [-0.2, -0.15) is 5.10 Å². The van der Waals surface area contributed by atoms with Gasteiger partial charge in [0.25, 0.3) is 0 Å². The predicted molar refractivity (Wildman–Crippen MR) is 104 cm³/mol. The summed E-state index contributed by atoms with van der Waals surface area (Å²) in [6.07, 6.45) is 5.12. The van der Waals surface area contributed by atoms with Crippen molar-refractivity contribution in [3.8, 4) is 10.6 Å². The molecule has 1 atom stereocenters. The Kier molecular flexibility index (Phi) is 5.27. The third-order valence-electron chi connectivity index (χ3n) is 4.36. The van der Waals surface area contributed by atoms with E-state index < -0.39 is 9.84 Å². The van der Waals surface area contributed by atoms with E-state index in [4.69, 9.17) is 4.98 Å². The number of hydrogen-bond donors (Lipinski definition) is 0. The van der Waals surface area contributed by atoms with Gasteiger partial charge in [-0.25, -0.2) is 13.4 Å². The molecule has 0 spiro atoms. The highest BCUT2D eigenvalue weighted by Crippen LogP contribution is 2.27. The van der Waals surface area contributed by atoms with Crippen LogP contribution >= 0.6 is 11.3 Å². The molecule has 8 heteroatoms. The third kappa shape index (κ3) is 4.20. The smallest absolute Gasteiger partial charge is 0.175 e. The van der Waals surface area contributed by atoms with E-state index in [0.29, 0.717) is 4.90 Å². The molecule has 2 aromatic heterocycles. The molecule has 0 saturated carbocycles.